The second kappa shape index (κ2) is 7.46. The zero-order chi connectivity index (χ0) is 14.4. The van der Waals surface area contributed by atoms with Crippen molar-refractivity contribution in [2.45, 2.75) is 40.2 Å². The minimum Gasteiger partial charge on any atom is -0.314 e. The molecule has 0 aliphatic heterocycles. The molecule has 0 aliphatic carbocycles. The van der Waals surface area contributed by atoms with Crippen LogP contribution in [0.5, 0.6) is 0 Å². The van der Waals surface area contributed by atoms with E-state index in [1.54, 1.807) is 0 Å². The van der Waals surface area contributed by atoms with Gasteiger partial charge in [-0.3, -0.25) is 0 Å². The average molecular weight is 278 g/mol. The zero-order valence-corrected chi connectivity index (χ0v) is 13.6. The molecule has 0 saturated heterocycles. The third kappa shape index (κ3) is 8.89. The Morgan fingerprint density at radius 2 is 1.78 bits per heavy atom. The Balaban J connectivity index is 4.12. The summed E-state index contributed by atoms with van der Waals surface area (Å²) in [5, 5.41) is 3.51. The van der Waals surface area contributed by atoms with Crippen molar-refractivity contribution in [1.82, 2.24) is 10.2 Å². The minimum atomic E-state index is -2.85. The van der Waals surface area contributed by atoms with E-state index in [1.807, 2.05) is 7.05 Å². The van der Waals surface area contributed by atoms with Crippen LogP contribution in [0.3, 0.4) is 0 Å². The number of nitrogens with one attached hydrogen (secondary N) is 1. The lowest BCUT2D eigenvalue weighted by Gasteiger charge is -2.32. The Labute approximate surface area is 113 Å². The third-order valence-corrected chi connectivity index (χ3v) is 4.06. The molecule has 0 fully saturated rings. The van der Waals surface area contributed by atoms with E-state index in [1.165, 1.54) is 6.26 Å². The molecular weight excluding hydrogens is 248 g/mol. The molecule has 110 valence electrons. The molecule has 0 saturated carbocycles. The van der Waals surface area contributed by atoms with Gasteiger partial charge in [0.2, 0.25) is 0 Å². The fourth-order valence-corrected chi connectivity index (χ4v) is 2.51. The molecule has 0 radical (unpaired) electrons. The molecule has 0 amide bonds. The Morgan fingerprint density at radius 3 is 2.17 bits per heavy atom. The van der Waals surface area contributed by atoms with Crippen LogP contribution in [0.4, 0.5) is 0 Å². The summed E-state index contributed by atoms with van der Waals surface area (Å²) >= 11 is 0. The zero-order valence-electron chi connectivity index (χ0n) is 12.8. The van der Waals surface area contributed by atoms with Crippen LogP contribution in [-0.4, -0.2) is 58.1 Å². The highest BCUT2D eigenvalue weighted by Gasteiger charge is 2.23. The Bertz CT molecular complexity index is 320. The first-order chi connectivity index (χ1) is 8.06. The summed E-state index contributed by atoms with van der Waals surface area (Å²) in [5.74, 6) is 0.241. The molecule has 0 heterocycles. The Hall–Kier alpha value is -0.130. The average Bonchev–Trinajstić information content (AvgIpc) is 2.18. The predicted octanol–water partition coefficient (Wildman–Crippen LogP) is 1.38. The van der Waals surface area contributed by atoms with Gasteiger partial charge in [-0.05, 0) is 32.0 Å². The van der Waals surface area contributed by atoms with Gasteiger partial charge in [0.25, 0.3) is 0 Å². The second-order valence-corrected chi connectivity index (χ2v) is 8.46. The topological polar surface area (TPSA) is 49.4 Å². The maximum absolute atomic E-state index is 11.1. The van der Waals surface area contributed by atoms with Gasteiger partial charge >= 0.3 is 0 Å². The maximum Gasteiger partial charge on any atom is 0.148 e. The van der Waals surface area contributed by atoms with Crippen LogP contribution in [0.15, 0.2) is 0 Å². The molecule has 0 aromatic heterocycles. The molecule has 0 spiro atoms. The third-order valence-electron chi connectivity index (χ3n) is 3.14. The predicted molar refractivity (Wildman–Crippen MR) is 78.7 cm³/mol. The van der Waals surface area contributed by atoms with E-state index in [-0.39, 0.29) is 11.2 Å². The summed E-state index contributed by atoms with van der Waals surface area (Å²) in [5.41, 5.74) is 0.230. The number of rotatable bonds is 8. The quantitative estimate of drug-likeness (QED) is 0.729. The SMILES string of the molecule is CCNC(CCN(C)CCS(C)(=O)=O)C(C)(C)C. The van der Waals surface area contributed by atoms with Gasteiger partial charge in [-0.15, -0.1) is 0 Å². The van der Waals surface area contributed by atoms with E-state index >= 15 is 0 Å². The number of sulfone groups is 1. The lowest BCUT2D eigenvalue weighted by molar-refractivity contribution is 0.227. The number of hydrogen-bond donors (Lipinski definition) is 1. The lowest BCUT2D eigenvalue weighted by Crippen LogP contribution is -2.42. The molecule has 0 aromatic carbocycles. The van der Waals surface area contributed by atoms with Gasteiger partial charge < -0.3 is 10.2 Å². The van der Waals surface area contributed by atoms with Gasteiger partial charge in [0, 0.05) is 18.8 Å². The van der Waals surface area contributed by atoms with Crippen LogP contribution in [-0.2, 0) is 9.84 Å². The maximum atomic E-state index is 11.1. The Kier molecular flexibility index (Phi) is 7.40. The van der Waals surface area contributed by atoms with Crippen molar-refractivity contribution in [3.63, 3.8) is 0 Å². The first-order valence-electron chi connectivity index (χ1n) is 6.66. The van der Waals surface area contributed by atoms with E-state index in [0.29, 0.717) is 12.6 Å². The first kappa shape index (κ1) is 17.9. The van der Waals surface area contributed by atoms with Gasteiger partial charge in [-0.2, -0.15) is 0 Å². The largest absolute Gasteiger partial charge is 0.314 e. The highest BCUT2D eigenvalue weighted by Crippen LogP contribution is 2.21. The van der Waals surface area contributed by atoms with Crippen LogP contribution in [0.25, 0.3) is 0 Å². The molecule has 0 aliphatic rings. The first-order valence-corrected chi connectivity index (χ1v) is 8.72. The van der Waals surface area contributed by atoms with E-state index in [9.17, 15) is 8.42 Å². The standard InChI is InChI=1S/C13H30N2O2S/c1-7-14-12(13(2,3)4)8-9-15(5)10-11-18(6,16)17/h12,14H,7-11H2,1-6H3. The smallest absolute Gasteiger partial charge is 0.148 e. The molecule has 4 nitrogen and oxygen atoms in total. The van der Waals surface area contributed by atoms with Gasteiger partial charge in [-0.25, -0.2) is 8.42 Å². The van der Waals surface area contributed by atoms with E-state index in [2.05, 4.69) is 37.9 Å². The van der Waals surface area contributed by atoms with Crippen LogP contribution >= 0.6 is 0 Å². The van der Waals surface area contributed by atoms with Crippen molar-refractivity contribution >= 4 is 9.84 Å². The van der Waals surface area contributed by atoms with Gasteiger partial charge in [-0.1, -0.05) is 27.7 Å². The van der Waals surface area contributed by atoms with E-state index in [4.69, 9.17) is 0 Å². The fourth-order valence-electron chi connectivity index (χ4n) is 1.87. The van der Waals surface area contributed by atoms with Crippen molar-refractivity contribution in [2.24, 2.45) is 5.41 Å². The van der Waals surface area contributed by atoms with Crippen molar-refractivity contribution in [3.05, 3.63) is 0 Å². The highest BCUT2D eigenvalue weighted by molar-refractivity contribution is 7.90. The summed E-state index contributed by atoms with van der Waals surface area (Å²) in [7, 11) is -0.871. The van der Waals surface area contributed by atoms with Gasteiger partial charge in [0.15, 0.2) is 0 Å². The summed E-state index contributed by atoms with van der Waals surface area (Å²) in [6.07, 6.45) is 2.33. The van der Waals surface area contributed by atoms with E-state index < -0.39 is 9.84 Å². The number of nitrogens with zero attached hydrogens (tertiary/aromatic N) is 1. The molecule has 1 unspecified atom stereocenters. The summed E-state index contributed by atoms with van der Waals surface area (Å²) in [6, 6.07) is 0.461. The van der Waals surface area contributed by atoms with Crippen LogP contribution < -0.4 is 5.32 Å². The molecule has 18 heavy (non-hydrogen) atoms. The fraction of sp³-hybridized carbons (Fsp3) is 1.00. The molecule has 0 bridgehead atoms. The molecular formula is C13H30N2O2S. The van der Waals surface area contributed by atoms with Crippen molar-refractivity contribution in [1.29, 1.82) is 0 Å². The molecule has 0 rings (SSSR count). The molecule has 0 aromatic rings. The molecule has 5 heteroatoms. The Morgan fingerprint density at radius 1 is 1.22 bits per heavy atom. The summed E-state index contributed by atoms with van der Waals surface area (Å²) in [4.78, 5) is 2.09. The monoisotopic (exact) mass is 278 g/mol. The summed E-state index contributed by atoms with van der Waals surface area (Å²) < 4.78 is 22.2. The van der Waals surface area contributed by atoms with Gasteiger partial charge in [0.05, 0.1) is 5.75 Å². The molecule has 1 N–H and O–H groups in total. The van der Waals surface area contributed by atoms with Crippen molar-refractivity contribution in [2.75, 3.05) is 38.7 Å². The highest BCUT2D eigenvalue weighted by atomic mass is 32.2. The lowest BCUT2D eigenvalue weighted by atomic mass is 9.84. The van der Waals surface area contributed by atoms with Gasteiger partial charge in [0.1, 0.15) is 9.84 Å². The number of hydrogen-bond acceptors (Lipinski definition) is 4. The minimum absolute atomic E-state index is 0.230. The summed E-state index contributed by atoms with van der Waals surface area (Å²) in [6.45, 7) is 11.3. The van der Waals surface area contributed by atoms with Crippen LogP contribution in [0.1, 0.15) is 34.1 Å². The second-order valence-electron chi connectivity index (χ2n) is 6.20. The molecule has 1 atom stereocenters. The van der Waals surface area contributed by atoms with Crippen LogP contribution in [0.2, 0.25) is 0 Å². The van der Waals surface area contributed by atoms with Crippen molar-refractivity contribution < 1.29 is 8.42 Å². The van der Waals surface area contributed by atoms with Crippen molar-refractivity contribution in [3.8, 4) is 0 Å². The normalized spacial score (nSPS) is 15.1. The van der Waals surface area contributed by atoms with E-state index in [0.717, 1.165) is 19.5 Å². The van der Waals surface area contributed by atoms with Crippen LogP contribution in [0, 0.1) is 5.41 Å².